The number of benzene rings is 2. The van der Waals surface area contributed by atoms with Crippen molar-refractivity contribution in [3.63, 3.8) is 0 Å². The van der Waals surface area contributed by atoms with Gasteiger partial charge in [0.05, 0.1) is 18.8 Å². The fraction of sp³-hybridized carbons (Fsp3) is 0.520. The minimum atomic E-state index is -0.326. The van der Waals surface area contributed by atoms with Crippen LogP contribution in [0.5, 0.6) is 0 Å². The number of rotatable bonds is 6. The summed E-state index contributed by atoms with van der Waals surface area (Å²) in [6.07, 6.45) is 6.00. The summed E-state index contributed by atoms with van der Waals surface area (Å²) >= 11 is 0. The maximum absolute atomic E-state index is 13.0. The van der Waals surface area contributed by atoms with E-state index in [9.17, 15) is 9.50 Å². The molecule has 2 fully saturated rings. The van der Waals surface area contributed by atoms with Gasteiger partial charge in [-0.15, -0.1) is 0 Å². The molecule has 4 rings (SSSR count). The maximum Gasteiger partial charge on any atom is 0.123 e. The predicted molar refractivity (Wildman–Crippen MR) is 113 cm³/mol. The predicted octanol–water partition coefficient (Wildman–Crippen LogP) is 4.58. The van der Waals surface area contributed by atoms with Gasteiger partial charge in [0.1, 0.15) is 5.82 Å². The van der Waals surface area contributed by atoms with E-state index in [-0.39, 0.29) is 24.1 Å². The molecule has 3 atom stereocenters. The first-order valence-electron chi connectivity index (χ1n) is 11.0. The van der Waals surface area contributed by atoms with Crippen LogP contribution in [0.4, 0.5) is 4.39 Å². The number of halogens is 1. The van der Waals surface area contributed by atoms with Crippen molar-refractivity contribution in [2.75, 3.05) is 13.1 Å². The van der Waals surface area contributed by atoms with Gasteiger partial charge in [-0.3, -0.25) is 4.90 Å². The number of aliphatic hydroxyl groups excluding tert-OH is 1. The number of hydrogen-bond acceptors (Lipinski definition) is 3. The Balaban J connectivity index is 1.20. The van der Waals surface area contributed by atoms with Gasteiger partial charge in [0.2, 0.25) is 0 Å². The molecule has 29 heavy (non-hydrogen) atoms. The topological polar surface area (TPSA) is 32.7 Å². The molecular weight excluding hydrogens is 365 g/mol. The van der Waals surface area contributed by atoms with Gasteiger partial charge >= 0.3 is 0 Å². The van der Waals surface area contributed by atoms with Crippen LogP contribution in [0.2, 0.25) is 0 Å². The highest BCUT2D eigenvalue weighted by Crippen LogP contribution is 2.30. The van der Waals surface area contributed by atoms with Crippen molar-refractivity contribution in [1.82, 2.24) is 4.90 Å². The van der Waals surface area contributed by atoms with Crippen LogP contribution in [-0.4, -0.2) is 41.3 Å². The molecule has 3 nitrogen and oxygen atoms in total. The van der Waals surface area contributed by atoms with E-state index in [0.29, 0.717) is 13.0 Å². The number of ether oxygens (including phenoxy) is 1. The van der Waals surface area contributed by atoms with Crippen LogP contribution >= 0.6 is 0 Å². The summed E-state index contributed by atoms with van der Waals surface area (Å²) in [6, 6.07) is 17.5. The van der Waals surface area contributed by atoms with Gasteiger partial charge in [-0.1, -0.05) is 42.5 Å². The second-order valence-corrected chi connectivity index (χ2v) is 8.68. The molecule has 156 valence electrons. The third-order valence-corrected chi connectivity index (χ3v) is 6.62. The lowest BCUT2D eigenvalue weighted by Crippen LogP contribution is -2.51. The van der Waals surface area contributed by atoms with Crippen LogP contribution in [-0.2, 0) is 17.8 Å². The van der Waals surface area contributed by atoms with Crippen LogP contribution in [0.3, 0.4) is 0 Å². The van der Waals surface area contributed by atoms with E-state index in [0.717, 1.165) is 37.4 Å². The maximum atomic E-state index is 13.0. The van der Waals surface area contributed by atoms with E-state index in [1.165, 1.54) is 37.0 Å². The summed E-state index contributed by atoms with van der Waals surface area (Å²) < 4.78 is 19.0. The molecule has 1 aliphatic heterocycles. The average Bonchev–Trinajstić information content (AvgIpc) is 2.75. The number of hydrogen-bond donors (Lipinski definition) is 1. The van der Waals surface area contributed by atoms with Crippen molar-refractivity contribution < 1.29 is 14.2 Å². The van der Waals surface area contributed by atoms with Crippen molar-refractivity contribution in [3.05, 3.63) is 71.5 Å². The summed E-state index contributed by atoms with van der Waals surface area (Å²) in [4.78, 5) is 2.50. The van der Waals surface area contributed by atoms with Crippen LogP contribution in [0.1, 0.15) is 43.2 Å². The lowest BCUT2D eigenvalue weighted by molar-refractivity contribution is -0.0659. The molecule has 0 aromatic heterocycles. The molecule has 0 unspecified atom stereocenters. The normalized spacial score (nSPS) is 26.5. The van der Waals surface area contributed by atoms with Crippen molar-refractivity contribution in [1.29, 1.82) is 0 Å². The molecule has 1 saturated carbocycles. The smallest absolute Gasteiger partial charge is 0.123 e. The van der Waals surface area contributed by atoms with Crippen molar-refractivity contribution in [2.24, 2.45) is 5.92 Å². The zero-order valence-corrected chi connectivity index (χ0v) is 17.1. The highest BCUT2D eigenvalue weighted by atomic mass is 19.1. The fourth-order valence-corrected chi connectivity index (χ4v) is 4.90. The van der Waals surface area contributed by atoms with Crippen molar-refractivity contribution in [2.45, 2.75) is 63.4 Å². The fourth-order valence-electron chi connectivity index (χ4n) is 4.90. The Bertz CT molecular complexity index is 743. The molecule has 1 saturated heterocycles. The minimum absolute atomic E-state index is 0.0851. The Hall–Kier alpha value is -1.75. The molecule has 2 aliphatic rings. The van der Waals surface area contributed by atoms with Crippen LogP contribution in [0, 0.1) is 11.7 Å². The summed E-state index contributed by atoms with van der Waals surface area (Å²) in [6.45, 7) is 2.65. The zero-order valence-electron chi connectivity index (χ0n) is 17.1. The van der Waals surface area contributed by atoms with Crippen LogP contribution in [0.15, 0.2) is 54.6 Å². The van der Waals surface area contributed by atoms with Gasteiger partial charge in [-0.2, -0.15) is 0 Å². The standard InChI is InChI=1S/C25H32FNO2/c26-22-8-6-21(7-9-22)18-29-23-10-11-24(25(28)17-23)27-14-12-20(13-15-27)16-19-4-2-1-3-5-19/h1-9,20,23-25,28H,10-18H2/t23-,24+,25+/m0/s1. The number of piperidine rings is 1. The Morgan fingerprint density at radius 2 is 1.62 bits per heavy atom. The van der Waals surface area contributed by atoms with Crippen LogP contribution in [0.25, 0.3) is 0 Å². The Morgan fingerprint density at radius 3 is 2.31 bits per heavy atom. The molecule has 0 radical (unpaired) electrons. The summed E-state index contributed by atoms with van der Waals surface area (Å²) in [7, 11) is 0. The van der Waals surface area contributed by atoms with Crippen molar-refractivity contribution in [3.8, 4) is 0 Å². The first kappa shape index (κ1) is 20.5. The van der Waals surface area contributed by atoms with Gasteiger partial charge in [0.25, 0.3) is 0 Å². The Labute approximate surface area is 173 Å². The third kappa shape index (κ3) is 5.65. The number of nitrogens with zero attached hydrogens (tertiary/aromatic N) is 1. The lowest BCUT2D eigenvalue weighted by Gasteiger charge is -2.43. The molecule has 0 amide bonds. The number of likely N-dealkylation sites (tertiary alicyclic amines) is 1. The molecule has 2 aromatic carbocycles. The lowest BCUT2D eigenvalue weighted by atomic mass is 9.85. The SMILES string of the molecule is O[C@@H]1C[C@@H](OCc2ccc(F)cc2)CC[C@H]1N1CCC(Cc2ccccc2)CC1. The van der Waals surface area contributed by atoms with Gasteiger partial charge in [0, 0.05) is 12.5 Å². The van der Waals surface area contributed by atoms with E-state index >= 15 is 0 Å². The molecular formula is C25H32FNO2. The van der Waals surface area contributed by atoms with E-state index in [1.54, 1.807) is 12.1 Å². The van der Waals surface area contributed by atoms with Gasteiger partial charge in [-0.25, -0.2) is 4.39 Å². The first-order valence-corrected chi connectivity index (χ1v) is 11.0. The number of aliphatic hydroxyl groups is 1. The molecule has 0 bridgehead atoms. The second-order valence-electron chi connectivity index (χ2n) is 8.68. The minimum Gasteiger partial charge on any atom is -0.391 e. The Morgan fingerprint density at radius 1 is 0.897 bits per heavy atom. The monoisotopic (exact) mass is 397 g/mol. The summed E-state index contributed by atoms with van der Waals surface area (Å²) in [5.41, 5.74) is 2.41. The van der Waals surface area contributed by atoms with Crippen molar-refractivity contribution >= 4 is 0 Å². The molecule has 1 aliphatic carbocycles. The van der Waals surface area contributed by atoms with E-state index in [1.807, 2.05) is 0 Å². The molecule has 1 heterocycles. The zero-order chi connectivity index (χ0) is 20.1. The van der Waals surface area contributed by atoms with Gasteiger partial charge in [0.15, 0.2) is 0 Å². The van der Waals surface area contributed by atoms with E-state index in [2.05, 4.69) is 35.2 Å². The van der Waals surface area contributed by atoms with Gasteiger partial charge < -0.3 is 9.84 Å². The molecule has 1 N–H and O–H groups in total. The highest BCUT2D eigenvalue weighted by Gasteiger charge is 2.35. The molecule has 0 spiro atoms. The molecule has 4 heteroatoms. The largest absolute Gasteiger partial charge is 0.391 e. The Kier molecular flexibility index (Phi) is 6.96. The third-order valence-electron chi connectivity index (χ3n) is 6.62. The quantitative estimate of drug-likeness (QED) is 0.775. The van der Waals surface area contributed by atoms with Gasteiger partial charge in [-0.05, 0) is 74.4 Å². The summed E-state index contributed by atoms with van der Waals surface area (Å²) in [5, 5.41) is 10.8. The first-order chi connectivity index (χ1) is 14.2. The van der Waals surface area contributed by atoms with Crippen LogP contribution < -0.4 is 0 Å². The summed E-state index contributed by atoms with van der Waals surface area (Å²) in [5.74, 6) is 0.526. The van der Waals surface area contributed by atoms with E-state index < -0.39 is 0 Å². The van der Waals surface area contributed by atoms with E-state index in [4.69, 9.17) is 4.74 Å². The average molecular weight is 398 g/mol. The second kappa shape index (κ2) is 9.84. The highest BCUT2D eigenvalue weighted by molar-refractivity contribution is 5.16. The molecule has 2 aromatic rings.